The molecule has 1 N–H and O–H groups in total. The largest absolute Gasteiger partial charge is 0.459 e. The van der Waals surface area contributed by atoms with Crippen LogP contribution in [0.1, 0.15) is 35.5 Å². The third-order valence-electron chi connectivity index (χ3n) is 5.34. The van der Waals surface area contributed by atoms with Gasteiger partial charge in [0.1, 0.15) is 0 Å². The number of imidazole rings is 1. The normalized spacial score (nSPS) is 23.6. The molecule has 2 amide bonds. The van der Waals surface area contributed by atoms with Gasteiger partial charge < -0.3 is 19.2 Å². The molecule has 0 bridgehead atoms. The number of nitrogens with zero attached hydrogens (tertiary/aromatic N) is 3. The second kappa shape index (κ2) is 6.74. The van der Waals surface area contributed by atoms with Crippen LogP contribution in [0.5, 0.6) is 0 Å². The molecule has 0 saturated carbocycles. The zero-order chi connectivity index (χ0) is 17.2. The molecule has 7 nitrogen and oxygen atoms in total. The van der Waals surface area contributed by atoms with E-state index in [1.807, 2.05) is 9.80 Å². The highest BCUT2D eigenvalue weighted by Gasteiger charge is 2.40. The predicted octanol–water partition coefficient (Wildman–Crippen LogP) is 1.70. The number of nitrogens with one attached hydrogen (secondary N) is 1. The summed E-state index contributed by atoms with van der Waals surface area (Å²) in [5.41, 5.74) is 1.04. The molecule has 4 heterocycles. The van der Waals surface area contributed by atoms with Crippen molar-refractivity contribution in [2.24, 2.45) is 5.92 Å². The molecule has 2 aliphatic heterocycles. The smallest absolute Gasteiger partial charge is 0.289 e. The van der Waals surface area contributed by atoms with Gasteiger partial charge in [0.05, 0.1) is 12.6 Å². The molecule has 2 aromatic rings. The van der Waals surface area contributed by atoms with Gasteiger partial charge in [-0.05, 0) is 30.9 Å². The number of furan rings is 1. The van der Waals surface area contributed by atoms with Crippen LogP contribution >= 0.6 is 0 Å². The average molecular weight is 342 g/mol. The minimum Gasteiger partial charge on any atom is -0.459 e. The monoisotopic (exact) mass is 342 g/mol. The fraction of sp³-hybridized carbons (Fsp3) is 0.500. The quantitative estimate of drug-likeness (QED) is 0.917. The van der Waals surface area contributed by atoms with Crippen LogP contribution < -0.4 is 0 Å². The highest BCUT2D eigenvalue weighted by atomic mass is 16.3. The van der Waals surface area contributed by atoms with Crippen molar-refractivity contribution in [3.8, 4) is 0 Å². The third-order valence-corrected chi connectivity index (χ3v) is 5.34. The van der Waals surface area contributed by atoms with Crippen LogP contribution in [0.2, 0.25) is 0 Å². The van der Waals surface area contributed by atoms with E-state index in [0.717, 1.165) is 25.0 Å². The van der Waals surface area contributed by atoms with Gasteiger partial charge in [0.2, 0.25) is 5.91 Å². The van der Waals surface area contributed by atoms with Gasteiger partial charge in [-0.25, -0.2) is 4.98 Å². The molecule has 2 saturated heterocycles. The van der Waals surface area contributed by atoms with E-state index in [2.05, 4.69) is 9.97 Å². The lowest BCUT2D eigenvalue weighted by Gasteiger charge is -2.47. The van der Waals surface area contributed by atoms with E-state index in [1.165, 1.54) is 6.26 Å². The number of carbonyl (C=O) groups excluding carboxylic acids is 2. The molecule has 2 fully saturated rings. The standard InChI is InChI=1S/C18H22N4O3/c23-17-4-3-13-11-21(18(24)16-2-1-9-25-16)7-6-15(13)22(17)8-5-14-10-19-12-20-14/h1-2,9-10,12-13,15H,3-8,11H2,(H,19,20)/t13-,15+/m0/s1. The number of piperidine rings is 2. The van der Waals surface area contributed by atoms with E-state index in [-0.39, 0.29) is 17.9 Å². The summed E-state index contributed by atoms with van der Waals surface area (Å²) in [5, 5.41) is 0. The van der Waals surface area contributed by atoms with Crippen molar-refractivity contribution in [1.29, 1.82) is 0 Å². The fourth-order valence-corrected chi connectivity index (χ4v) is 4.04. The molecule has 0 radical (unpaired) electrons. The van der Waals surface area contributed by atoms with E-state index in [1.54, 1.807) is 24.7 Å². The number of likely N-dealkylation sites (tertiary alicyclic amines) is 2. The Morgan fingerprint density at radius 2 is 2.32 bits per heavy atom. The molecule has 4 rings (SSSR count). The van der Waals surface area contributed by atoms with Gasteiger partial charge in [0.15, 0.2) is 5.76 Å². The minimum absolute atomic E-state index is 0.0515. The molecule has 132 valence electrons. The van der Waals surface area contributed by atoms with Gasteiger partial charge in [-0.3, -0.25) is 9.59 Å². The lowest BCUT2D eigenvalue weighted by atomic mass is 9.83. The maximum atomic E-state index is 12.5. The van der Waals surface area contributed by atoms with E-state index in [9.17, 15) is 9.59 Å². The number of aromatic nitrogens is 2. The van der Waals surface area contributed by atoms with Crippen molar-refractivity contribution in [2.75, 3.05) is 19.6 Å². The van der Waals surface area contributed by atoms with E-state index in [4.69, 9.17) is 4.42 Å². The first kappa shape index (κ1) is 15.9. The number of carbonyl (C=O) groups is 2. The Balaban J connectivity index is 1.41. The first-order valence-electron chi connectivity index (χ1n) is 8.82. The van der Waals surface area contributed by atoms with Gasteiger partial charge in [-0.15, -0.1) is 0 Å². The maximum absolute atomic E-state index is 12.5. The lowest BCUT2D eigenvalue weighted by Crippen LogP contribution is -2.57. The summed E-state index contributed by atoms with van der Waals surface area (Å²) in [6.45, 7) is 2.06. The number of H-pyrrole nitrogens is 1. The number of hydrogen-bond donors (Lipinski definition) is 1. The molecule has 0 unspecified atom stereocenters. The Hall–Kier alpha value is -2.57. The van der Waals surface area contributed by atoms with Crippen LogP contribution in [0, 0.1) is 5.92 Å². The maximum Gasteiger partial charge on any atom is 0.289 e. The predicted molar refractivity (Wildman–Crippen MR) is 89.7 cm³/mol. The Kier molecular flexibility index (Phi) is 4.29. The van der Waals surface area contributed by atoms with Gasteiger partial charge in [0, 0.05) is 50.4 Å². The minimum atomic E-state index is -0.0515. The van der Waals surface area contributed by atoms with Crippen molar-refractivity contribution in [2.45, 2.75) is 31.7 Å². The SMILES string of the molecule is O=C(c1ccco1)N1CC[C@@H]2[C@@H](CCC(=O)N2CCc2cnc[nH]2)C1. The molecule has 2 aromatic heterocycles. The Morgan fingerprint density at radius 1 is 1.40 bits per heavy atom. The summed E-state index contributed by atoms with van der Waals surface area (Å²) < 4.78 is 5.24. The number of rotatable bonds is 4. The molecule has 0 spiro atoms. The molecule has 0 aromatic carbocycles. The van der Waals surface area contributed by atoms with Crippen LogP contribution in [0.15, 0.2) is 35.3 Å². The first-order valence-corrected chi connectivity index (χ1v) is 8.82. The Labute approximate surface area is 146 Å². The Morgan fingerprint density at radius 3 is 3.08 bits per heavy atom. The number of aromatic amines is 1. The average Bonchev–Trinajstić information content (AvgIpc) is 3.33. The summed E-state index contributed by atoms with van der Waals surface area (Å²) in [5.74, 6) is 0.907. The van der Waals surface area contributed by atoms with Crippen molar-refractivity contribution < 1.29 is 14.0 Å². The molecule has 2 atom stereocenters. The van der Waals surface area contributed by atoms with Crippen molar-refractivity contribution in [1.82, 2.24) is 19.8 Å². The number of fused-ring (bicyclic) bond motifs is 1. The topological polar surface area (TPSA) is 82.4 Å². The number of hydrogen-bond acceptors (Lipinski definition) is 4. The van der Waals surface area contributed by atoms with E-state index in [0.29, 0.717) is 37.7 Å². The molecule has 25 heavy (non-hydrogen) atoms. The van der Waals surface area contributed by atoms with E-state index >= 15 is 0 Å². The van der Waals surface area contributed by atoms with Crippen molar-refractivity contribution >= 4 is 11.8 Å². The first-order chi connectivity index (χ1) is 12.2. The van der Waals surface area contributed by atoms with Crippen LogP contribution in [0.3, 0.4) is 0 Å². The van der Waals surface area contributed by atoms with Crippen molar-refractivity contribution in [3.63, 3.8) is 0 Å². The van der Waals surface area contributed by atoms with Gasteiger partial charge in [-0.1, -0.05) is 0 Å². The fourth-order valence-electron chi connectivity index (χ4n) is 4.04. The highest BCUT2D eigenvalue weighted by Crippen LogP contribution is 2.32. The zero-order valence-electron chi connectivity index (χ0n) is 14.1. The molecule has 7 heteroatoms. The molecule has 2 aliphatic rings. The lowest BCUT2D eigenvalue weighted by molar-refractivity contribution is -0.140. The van der Waals surface area contributed by atoms with Crippen molar-refractivity contribution in [3.05, 3.63) is 42.4 Å². The van der Waals surface area contributed by atoms with Crippen LogP contribution in [-0.4, -0.2) is 57.3 Å². The molecular formula is C18H22N4O3. The summed E-state index contributed by atoms with van der Waals surface area (Å²) in [6, 6.07) is 3.66. The second-order valence-electron chi connectivity index (χ2n) is 6.80. The zero-order valence-corrected chi connectivity index (χ0v) is 14.1. The van der Waals surface area contributed by atoms with Crippen LogP contribution in [-0.2, 0) is 11.2 Å². The summed E-state index contributed by atoms with van der Waals surface area (Å²) in [6.07, 6.45) is 8.01. The number of amides is 2. The summed E-state index contributed by atoms with van der Waals surface area (Å²) in [7, 11) is 0. The van der Waals surface area contributed by atoms with Crippen LogP contribution in [0.25, 0.3) is 0 Å². The Bertz CT molecular complexity index is 726. The van der Waals surface area contributed by atoms with Gasteiger partial charge in [-0.2, -0.15) is 0 Å². The summed E-state index contributed by atoms with van der Waals surface area (Å²) >= 11 is 0. The van der Waals surface area contributed by atoms with Gasteiger partial charge >= 0.3 is 0 Å². The molecule has 0 aliphatic carbocycles. The van der Waals surface area contributed by atoms with Gasteiger partial charge in [0.25, 0.3) is 5.91 Å². The summed E-state index contributed by atoms with van der Waals surface area (Å²) in [4.78, 5) is 35.9. The molecular weight excluding hydrogens is 320 g/mol. The van der Waals surface area contributed by atoms with E-state index < -0.39 is 0 Å². The highest BCUT2D eigenvalue weighted by molar-refractivity contribution is 5.91. The van der Waals surface area contributed by atoms with Crippen LogP contribution in [0.4, 0.5) is 0 Å². The third kappa shape index (κ3) is 3.18. The second-order valence-corrected chi connectivity index (χ2v) is 6.80.